The van der Waals surface area contributed by atoms with Crippen molar-refractivity contribution in [2.45, 2.75) is 18.7 Å². The molecule has 1 aromatic carbocycles. The Morgan fingerprint density at radius 1 is 1.10 bits per heavy atom. The van der Waals surface area contributed by atoms with E-state index in [9.17, 15) is 22.0 Å². The van der Waals surface area contributed by atoms with Gasteiger partial charge in [0.25, 0.3) is 0 Å². The molecule has 2 heterocycles. The minimum absolute atomic E-state index is 0.0753. The van der Waals surface area contributed by atoms with Crippen LogP contribution in [0.15, 0.2) is 29.2 Å². The fraction of sp³-hybridized carbons (Fsp3) is 0.368. The molecule has 1 fully saturated rings. The van der Waals surface area contributed by atoms with Gasteiger partial charge in [0.15, 0.2) is 11.6 Å². The summed E-state index contributed by atoms with van der Waals surface area (Å²) >= 11 is 0. The molecule has 1 saturated heterocycles. The van der Waals surface area contributed by atoms with Crippen molar-refractivity contribution >= 4 is 22.0 Å². The highest BCUT2D eigenvalue weighted by Gasteiger charge is 2.30. The SMILES string of the molecule is Cc1nn(C)c(C)c1/C=C/C(=O)N1CCN(S(=O)(=O)c2ccc(F)c(F)c2)CC1. The molecule has 7 nitrogen and oxygen atoms in total. The van der Waals surface area contributed by atoms with E-state index in [1.165, 1.54) is 10.4 Å². The zero-order valence-corrected chi connectivity index (χ0v) is 17.2. The number of aromatic nitrogens is 2. The molecule has 0 aliphatic carbocycles. The normalized spacial score (nSPS) is 16.0. The first-order valence-corrected chi connectivity index (χ1v) is 10.5. The van der Waals surface area contributed by atoms with Crippen LogP contribution in [0.25, 0.3) is 6.08 Å². The van der Waals surface area contributed by atoms with Crippen molar-refractivity contribution in [3.05, 3.63) is 52.9 Å². The zero-order chi connectivity index (χ0) is 21.3. The molecule has 156 valence electrons. The first-order chi connectivity index (χ1) is 13.6. The molecule has 0 radical (unpaired) electrons. The van der Waals surface area contributed by atoms with Crippen LogP contribution in [0, 0.1) is 25.5 Å². The third kappa shape index (κ3) is 4.23. The predicted octanol–water partition coefficient (Wildman–Crippen LogP) is 1.86. The van der Waals surface area contributed by atoms with E-state index in [-0.39, 0.29) is 37.0 Å². The van der Waals surface area contributed by atoms with Gasteiger partial charge in [-0.1, -0.05) is 0 Å². The van der Waals surface area contributed by atoms with Crippen LogP contribution < -0.4 is 0 Å². The number of halogens is 2. The van der Waals surface area contributed by atoms with Crippen molar-refractivity contribution in [2.24, 2.45) is 7.05 Å². The van der Waals surface area contributed by atoms with E-state index in [4.69, 9.17) is 0 Å². The Labute approximate surface area is 168 Å². The number of sulfonamides is 1. The maximum atomic E-state index is 13.4. The molecule has 0 N–H and O–H groups in total. The van der Waals surface area contributed by atoms with E-state index >= 15 is 0 Å². The fourth-order valence-electron chi connectivity index (χ4n) is 3.23. The Balaban J connectivity index is 1.66. The Morgan fingerprint density at radius 2 is 1.76 bits per heavy atom. The molecule has 0 atom stereocenters. The molecule has 10 heteroatoms. The van der Waals surface area contributed by atoms with E-state index in [1.807, 2.05) is 20.9 Å². The van der Waals surface area contributed by atoms with Crippen molar-refractivity contribution in [3.8, 4) is 0 Å². The summed E-state index contributed by atoms with van der Waals surface area (Å²) in [6, 6.07) is 2.49. The smallest absolute Gasteiger partial charge is 0.246 e. The molecule has 3 rings (SSSR count). The van der Waals surface area contributed by atoms with Gasteiger partial charge in [-0.3, -0.25) is 9.48 Å². The van der Waals surface area contributed by atoms with Crippen LogP contribution in [0.3, 0.4) is 0 Å². The van der Waals surface area contributed by atoms with E-state index in [0.717, 1.165) is 29.1 Å². The van der Waals surface area contributed by atoms with Gasteiger partial charge in [-0.05, 0) is 38.1 Å². The number of rotatable bonds is 4. The molecule has 29 heavy (non-hydrogen) atoms. The highest BCUT2D eigenvalue weighted by atomic mass is 32.2. The molecule has 1 aliphatic heterocycles. The Kier molecular flexibility index (Phi) is 5.85. The van der Waals surface area contributed by atoms with Crippen LogP contribution in [0.1, 0.15) is 17.0 Å². The standard InChI is InChI=1S/C19H22F2N4O3S/c1-13-16(14(2)23(3)22-13)5-7-19(26)24-8-10-25(11-9-24)29(27,28)15-4-6-17(20)18(21)12-15/h4-7,12H,8-11H2,1-3H3/b7-5+. The Morgan fingerprint density at radius 3 is 2.31 bits per heavy atom. The lowest BCUT2D eigenvalue weighted by atomic mass is 10.2. The lowest BCUT2D eigenvalue weighted by molar-refractivity contribution is -0.127. The Bertz CT molecular complexity index is 1070. The third-order valence-corrected chi connectivity index (χ3v) is 6.93. The number of nitrogens with zero attached hydrogens (tertiary/aromatic N) is 4. The topological polar surface area (TPSA) is 75.5 Å². The van der Waals surface area contributed by atoms with Crippen molar-refractivity contribution in [1.82, 2.24) is 19.0 Å². The van der Waals surface area contributed by atoms with Gasteiger partial charge in [-0.2, -0.15) is 9.40 Å². The number of piperazine rings is 1. The van der Waals surface area contributed by atoms with E-state index in [2.05, 4.69) is 5.10 Å². The summed E-state index contributed by atoms with van der Waals surface area (Å²) in [5.74, 6) is -2.55. The zero-order valence-electron chi connectivity index (χ0n) is 16.4. The summed E-state index contributed by atoms with van der Waals surface area (Å²) in [6.45, 7) is 4.33. The second-order valence-electron chi connectivity index (χ2n) is 6.85. The lowest BCUT2D eigenvalue weighted by Gasteiger charge is -2.33. The van der Waals surface area contributed by atoms with Gasteiger partial charge in [-0.15, -0.1) is 0 Å². The predicted molar refractivity (Wildman–Crippen MR) is 103 cm³/mol. The molecule has 1 amide bonds. The minimum atomic E-state index is -3.95. The molecule has 1 aliphatic rings. The van der Waals surface area contributed by atoms with Crippen molar-refractivity contribution in [2.75, 3.05) is 26.2 Å². The van der Waals surface area contributed by atoms with Gasteiger partial charge in [0.2, 0.25) is 15.9 Å². The van der Waals surface area contributed by atoms with E-state index in [1.54, 1.807) is 15.7 Å². The van der Waals surface area contributed by atoms with Crippen LogP contribution >= 0.6 is 0 Å². The van der Waals surface area contributed by atoms with Gasteiger partial charge in [-0.25, -0.2) is 17.2 Å². The summed E-state index contributed by atoms with van der Waals surface area (Å²) in [5, 5.41) is 4.30. The third-order valence-electron chi connectivity index (χ3n) is 5.04. The number of hydrogen-bond acceptors (Lipinski definition) is 4. The molecule has 0 saturated carbocycles. The van der Waals surface area contributed by atoms with Gasteiger partial charge in [0.1, 0.15) is 0 Å². The number of hydrogen-bond donors (Lipinski definition) is 0. The average Bonchev–Trinajstić information content (AvgIpc) is 2.93. The van der Waals surface area contributed by atoms with Gasteiger partial charge in [0.05, 0.1) is 10.6 Å². The van der Waals surface area contributed by atoms with Crippen molar-refractivity contribution in [1.29, 1.82) is 0 Å². The van der Waals surface area contributed by atoms with Crippen LogP contribution in [-0.2, 0) is 21.9 Å². The van der Waals surface area contributed by atoms with Crippen LogP contribution in [0.5, 0.6) is 0 Å². The van der Waals surface area contributed by atoms with E-state index < -0.39 is 21.7 Å². The van der Waals surface area contributed by atoms with Crippen LogP contribution in [0.4, 0.5) is 8.78 Å². The monoisotopic (exact) mass is 424 g/mol. The summed E-state index contributed by atoms with van der Waals surface area (Å²) < 4.78 is 54.6. The highest BCUT2D eigenvalue weighted by Crippen LogP contribution is 2.20. The number of carbonyl (C=O) groups is 1. The highest BCUT2D eigenvalue weighted by molar-refractivity contribution is 7.89. The van der Waals surface area contributed by atoms with Crippen molar-refractivity contribution < 1.29 is 22.0 Å². The van der Waals surface area contributed by atoms with Crippen LogP contribution in [-0.4, -0.2) is 59.5 Å². The van der Waals surface area contributed by atoms with Gasteiger partial charge >= 0.3 is 0 Å². The molecule has 0 spiro atoms. The van der Waals surface area contributed by atoms with E-state index in [0.29, 0.717) is 6.07 Å². The van der Waals surface area contributed by atoms with Crippen LogP contribution in [0.2, 0.25) is 0 Å². The molecule has 0 unspecified atom stereocenters. The summed E-state index contributed by atoms with van der Waals surface area (Å²) in [5.41, 5.74) is 2.63. The van der Waals surface area contributed by atoms with Crippen molar-refractivity contribution in [3.63, 3.8) is 0 Å². The molecule has 2 aromatic rings. The first kappa shape index (κ1) is 21.1. The number of benzene rings is 1. The Hall–Kier alpha value is -2.59. The summed E-state index contributed by atoms with van der Waals surface area (Å²) in [4.78, 5) is 13.7. The largest absolute Gasteiger partial charge is 0.337 e. The maximum Gasteiger partial charge on any atom is 0.246 e. The quantitative estimate of drug-likeness (QED) is 0.703. The second kappa shape index (κ2) is 8.03. The number of amides is 1. The average molecular weight is 424 g/mol. The minimum Gasteiger partial charge on any atom is -0.337 e. The number of carbonyl (C=O) groups excluding carboxylic acids is 1. The molecule has 0 bridgehead atoms. The second-order valence-corrected chi connectivity index (χ2v) is 8.78. The molecule has 1 aromatic heterocycles. The summed E-state index contributed by atoms with van der Waals surface area (Å²) in [7, 11) is -2.13. The molecular weight excluding hydrogens is 402 g/mol. The maximum absolute atomic E-state index is 13.4. The fourth-order valence-corrected chi connectivity index (χ4v) is 4.66. The molecular formula is C19H22F2N4O3S. The first-order valence-electron chi connectivity index (χ1n) is 9.03. The van der Waals surface area contributed by atoms with Gasteiger partial charge < -0.3 is 4.90 Å². The number of aryl methyl sites for hydroxylation is 2. The van der Waals surface area contributed by atoms with Gasteiger partial charge in [0, 0.05) is 50.6 Å². The summed E-state index contributed by atoms with van der Waals surface area (Å²) in [6.07, 6.45) is 3.17. The lowest BCUT2D eigenvalue weighted by Crippen LogP contribution is -2.50.